The molecule has 0 saturated carbocycles. The van der Waals surface area contributed by atoms with E-state index in [1.54, 1.807) is 45.0 Å². The molecule has 9 nitrogen and oxygen atoms in total. The maximum absolute atomic E-state index is 12.1. The molecular weight excluding hydrogens is 310 g/mol. The standard InChI is InChI=1S/C15H17N7O2/c1-15(2,3)24-14(23)22-8-19-10-6-9(4-5-12(10)22)20-21-11(7-16)13(17)18/h4-6,8,20H,1-3H3,(H3,17,18)/b21-11+. The first-order valence-corrected chi connectivity index (χ1v) is 7.00. The lowest BCUT2D eigenvalue weighted by molar-refractivity contribution is 0.0543. The summed E-state index contributed by atoms with van der Waals surface area (Å²) >= 11 is 0. The maximum Gasteiger partial charge on any atom is 0.420 e. The van der Waals surface area contributed by atoms with Gasteiger partial charge in [-0.15, -0.1) is 0 Å². The Hall–Kier alpha value is -3.41. The Balaban J connectivity index is 2.27. The van der Waals surface area contributed by atoms with Crippen LogP contribution in [0.2, 0.25) is 0 Å². The molecule has 0 radical (unpaired) electrons. The largest absolute Gasteiger partial charge is 0.443 e. The van der Waals surface area contributed by atoms with Crippen LogP contribution in [0.1, 0.15) is 20.8 Å². The van der Waals surface area contributed by atoms with Crippen molar-refractivity contribution in [3.63, 3.8) is 0 Å². The molecule has 1 aromatic carbocycles. The van der Waals surface area contributed by atoms with Gasteiger partial charge in [0.25, 0.3) is 0 Å². The highest BCUT2D eigenvalue weighted by Crippen LogP contribution is 2.19. The number of hydrogen-bond acceptors (Lipinski definition) is 7. The zero-order chi connectivity index (χ0) is 17.9. The monoisotopic (exact) mass is 327 g/mol. The van der Waals surface area contributed by atoms with E-state index in [-0.39, 0.29) is 5.71 Å². The summed E-state index contributed by atoms with van der Waals surface area (Å²) in [4.78, 5) is 16.3. The summed E-state index contributed by atoms with van der Waals surface area (Å²) in [7, 11) is 0. The van der Waals surface area contributed by atoms with Crippen LogP contribution in [0.15, 0.2) is 29.6 Å². The summed E-state index contributed by atoms with van der Waals surface area (Å²) in [6.45, 7) is 5.35. The smallest absolute Gasteiger partial charge is 0.420 e. The molecule has 9 heteroatoms. The average molecular weight is 327 g/mol. The van der Waals surface area contributed by atoms with Crippen molar-refractivity contribution in [3.05, 3.63) is 24.5 Å². The van der Waals surface area contributed by atoms with Gasteiger partial charge in [0.15, 0.2) is 5.84 Å². The molecule has 124 valence electrons. The number of carbonyl (C=O) groups excluding carboxylic acids is 1. The molecule has 1 aromatic heterocycles. The molecule has 0 aliphatic heterocycles. The molecule has 0 atom stereocenters. The zero-order valence-electron chi connectivity index (χ0n) is 13.5. The normalized spacial score (nSPS) is 11.8. The Kier molecular flexibility index (Phi) is 4.50. The second kappa shape index (κ2) is 6.37. The van der Waals surface area contributed by atoms with E-state index in [0.717, 1.165) is 0 Å². The van der Waals surface area contributed by atoms with Crippen LogP contribution in [0.4, 0.5) is 10.5 Å². The number of hydrazone groups is 1. The number of carbonyl (C=O) groups is 1. The van der Waals surface area contributed by atoms with Crippen molar-refractivity contribution >= 4 is 34.4 Å². The molecule has 24 heavy (non-hydrogen) atoms. The number of nitrogens with one attached hydrogen (secondary N) is 2. The summed E-state index contributed by atoms with van der Waals surface area (Å²) in [5, 5.41) is 19.7. The minimum Gasteiger partial charge on any atom is -0.443 e. The second-order valence-electron chi connectivity index (χ2n) is 5.90. The lowest BCUT2D eigenvalue weighted by atomic mass is 10.2. The van der Waals surface area contributed by atoms with Crippen molar-refractivity contribution in [2.45, 2.75) is 26.4 Å². The predicted octanol–water partition coefficient (Wildman–Crippen LogP) is 2.05. The highest BCUT2D eigenvalue weighted by atomic mass is 16.6. The Morgan fingerprint density at radius 2 is 2.21 bits per heavy atom. The number of imidazole rings is 1. The van der Waals surface area contributed by atoms with Gasteiger partial charge in [0.05, 0.1) is 16.7 Å². The molecule has 0 bridgehead atoms. The minimum absolute atomic E-state index is 0.227. The van der Waals surface area contributed by atoms with Crippen molar-refractivity contribution in [1.82, 2.24) is 9.55 Å². The van der Waals surface area contributed by atoms with Gasteiger partial charge in [-0.2, -0.15) is 10.4 Å². The Labute approximate surface area is 138 Å². The Morgan fingerprint density at radius 3 is 2.79 bits per heavy atom. The summed E-state index contributed by atoms with van der Waals surface area (Å²) in [6.07, 6.45) is 0.856. The van der Waals surface area contributed by atoms with Crippen LogP contribution in [0, 0.1) is 16.7 Å². The fraction of sp³-hybridized carbons (Fsp3) is 0.267. The molecule has 0 aliphatic carbocycles. The zero-order valence-corrected chi connectivity index (χ0v) is 13.5. The van der Waals surface area contributed by atoms with Gasteiger partial charge in [-0.05, 0) is 39.0 Å². The minimum atomic E-state index is -0.607. The van der Waals surface area contributed by atoms with E-state index in [1.165, 1.54) is 10.9 Å². The fourth-order valence-electron chi connectivity index (χ4n) is 1.80. The molecule has 2 rings (SSSR count). The van der Waals surface area contributed by atoms with Crippen LogP contribution in [-0.4, -0.2) is 32.8 Å². The Bertz CT molecular complexity index is 868. The first-order chi connectivity index (χ1) is 11.2. The van der Waals surface area contributed by atoms with E-state index in [4.69, 9.17) is 21.1 Å². The van der Waals surface area contributed by atoms with Gasteiger partial charge in [-0.3, -0.25) is 10.8 Å². The first kappa shape index (κ1) is 17.0. The van der Waals surface area contributed by atoms with Crippen LogP contribution in [0.25, 0.3) is 11.0 Å². The highest BCUT2D eigenvalue weighted by molar-refractivity contribution is 6.45. The lowest BCUT2D eigenvalue weighted by Gasteiger charge is -2.19. The topological polar surface area (TPSA) is 142 Å². The molecule has 0 aliphatic rings. The lowest BCUT2D eigenvalue weighted by Crippen LogP contribution is -2.26. The molecule has 0 unspecified atom stereocenters. The van der Waals surface area contributed by atoms with E-state index in [1.807, 2.05) is 0 Å². The van der Waals surface area contributed by atoms with Gasteiger partial charge in [-0.1, -0.05) is 0 Å². The first-order valence-electron chi connectivity index (χ1n) is 7.00. The van der Waals surface area contributed by atoms with Gasteiger partial charge >= 0.3 is 6.09 Å². The second-order valence-corrected chi connectivity index (χ2v) is 5.90. The van der Waals surface area contributed by atoms with Crippen molar-refractivity contribution in [3.8, 4) is 6.07 Å². The van der Waals surface area contributed by atoms with E-state index < -0.39 is 17.5 Å². The van der Waals surface area contributed by atoms with Crippen molar-refractivity contribution in [2.24, 2.45) is 10.8 Å². The van der Waals surface area contributed by atoms with Gasteiger partial charge in [0.1, 0.15) is 18.0 Å². The van der Waals surface area contributed by atoms with Crippen LogP contribution < -0.4 is 11.2 Å². The van der Waals surface area contributed by atoms with Crippen LogP contribution in [0.3, 0.4) is 0 Å². The van der Waals surface area contributed by atoms with Crippen molar-refractivity contribution < 1.29 is 9.53 Å². The fourth-order valence-corrected chi connectivity index (χ4v) is 1.80. The van der Waals surface area contributed by atoms with Gasteiger partial charge in [0, 0.05) is 0 Å². The Morgan fingerprint density at radius 1 is 1.50 bits per heavy atom. The van der Waals surface area contributed by atoms with Crippen molar-refractivity contribution in [1.29, 1.82) is 10.7 Å². The average Bonchev–Trinajstić information content (AvgIpc) is 2.89. The van der Waals surface area contributed by atoms with Gasteiger partial charge < -0.3 is 10.5 Å². The van der Waals surface area contributed by atoms with Crippen LogP contribution >= 0.6 is 0 Å². The number of ether oxygens (including phenoxy) is 1. The predicted molar refractivity (Wildman–Crippen MR) is 89.9 cm³/mol. The van der Waals surface area contributed by atoms with Crippen LogP contribution in [0.5, 0.6) is 0 Å². The molecule has 0 fully saturated rings. The number of amidine groups is 1. The SMILES string of the molecule is CC(C)(C)OC(=O)n1cnc2cc(N/N=C(\C#N)C(=N)N)ccc21. The third-order valence-electron chi connectivity index (χ3n) is 2.80. The number of rotatable bonds is 3. The number of anilines is 1. The summed E-state index contributed by atoms with van der Waals surface area (Å²) in [6, 6.07) is 6.68. The maximum atomic E-state index is 12.1. The van der Waals surface area contributed by atoms with Gasteiger partial charge in [0.2, 0.25) is 5.71 Å². The molecule has 0 amide bonds. The number of hydrogen-bond donors (Lipinski definition) is 3. The van der Waals surface area contributed by atoms with Crippen molar-refractivity contribution in [2.75, 3.05) is 5.43 Å². The number of nitrogens with two attached hydrogens (primary N) is 1. The third-order valence-corrected chi connectivity index (χ3v) is 2.80. The number of nitriles is 1. The summed E-state index contributed by atoms with van der Waals surface area (Å²) in [5.74, 6) is -0.430. The molecule has 0 saturated heterocycles. The van der Waals surface area contributed by atoms with E-state index in [0.29, 0.717) is 16.7 Å². The summed E-state index contributed by atoms with van der Waals surface area (Å²) in [5.41, 5.74) is 8.65. The number of aromatic nitrogens is 2. The third kappa shape index (κ3) is 3.86. The quantitative estimate of drug-likeness (QED) is 0.447. The molecule has 0 spiro atoms. The number of nitrogens with zero attached hydrogens (tertiary/aromatic N) is 4. The number of fused-ring (bicyclic) bond motifs is 1. The van der Waals surface area contributed by atoms with Crippen LogP contribution in [-0.2, 0) is 4.74 Å². The van der Waals surface area contributed by atoms with Gasteiger partial charge in [-0.25, -0.2) is 14.3 Å². The number of benzene rings is 1. The van der Waals surface area contributed by atoms with E-state index >= 15 is 0 Å². The summed E-state index contributed by atoms with van der Waals surface area (Å²) < 4.78 is 6.62. The molecule has 4 N–H and O–H groups in total. The highest BCUT2D eigenvalue weighted by Gasteiger charge is 2.19. The molecule has 1 heterocycles. The van der Waals surface area contributed by atoms with E-state index in [2.05, 4.69) is 15.5 Å². The molecule has 2 aromatic rings. The van der Waals surface area contributed by atoms with E-state index in [9.17, 15) is 4.79 Å². The molecular formula is C15H17N7O2.